The smallest absolute Gasteiger partial charge is 0.251 e. The molecule has 2 heterocycles. The number of carbonyl (C=O) groups excluding carboxylic acids is 1. The second-order valence-corrected chi connectivity index (χ2v) is 7.52. The maximum Gasteiger partial charge on any atom is 0.251 e. The number of aromatic nitrogens is 2. The van der Waals surface area contributed by atoms with Crippen LogP contribution >= 0.6 is 11.8 Å². The highest BCUT2D eigenvalue weighted by atomic mass is 32.2. The molecule has 0 bridgehead atoms. The monoisotopic (exact) mass is 370 g/mol. The number of thioether (sulfide) groups is 1. The number of nitrogens with one attached hydrogen (secondary N) is 1. The Morgan fingerprint density at radius 1 is 1.15 bits per heavy atom. The minimum Gasteiger partial charge on any atom is -0.356 e. The van der Waals surface area contributed by atoms with Crippen LogP contribution in [0.3, 0.4) is 0 Å². The van der Waals surface area contributed by atoms with E-state index in [9.17, 15) is 4.79 Å². The molecule has 1 aliphatic heterocycles. The van der Waals surface area contributed by atoms with Crippen molar-refractivity contribution in [2.75, 3.05) is 24.5 Å². The van der Waals surface area contributed by atoms with Gasteiger partial charge in [-0.15, -0.1) is 0 Å². The highest BCUT2D eigenvalue weighted by Crippen LogP contribution is 2.28. The van der Waals surface area contributed by atoms with Crippen LogP contribution in [-0.4, -0.2) is 35.5 Å². The van der Waals surface area contributed by atoms with Crippen LogP contribution in [0.1, 0.15) is 46.9 Å². The SMILES string of the molecule is CCNC(=O)c1ccc(CSc2nc(C)c(C)c(N3CCCC3)n2)cc1. The van der Waals surface area contributed by atoms with Gasteiger partial charge in [0, 0.05) is 42.2 Å². The number of carbonyl (C=O) groups is 1. The molecule has 0 unspecified atom stereocenters. The van der Waals surface area contributed by atoms with Crippen molar-refractivity contribution in [1.82, 2.24) is 15.3 Å². The van der Waals surface area contributed by atoms with E-state index in [-0.39, 0.29) is 5.91 Å². The molecule has 0 aliphatic carbocycles. The Morgan fingerprint density at radius 2 is 1.85 bits per heavy atom. The van der Waals surface area contributed by atoms with Gasteiger partial charge in [0.15, 0.2) is 5.16 Å². The molecule has 138 valence electrons. The number of anilines is 1. The van der Waals surface area contributed by atoms with Crippen LogP contribution in [0.15, 0.2) is 29.4 Å². The van der Waals surface area contributed by atoms with E-state index in [1.807, 2.05) is 31.2 Å². The Hall–Kier alpha value is -2.08. The fourth-order valence-corrected chi connectivity index (χ4v) is 3.89. The van der Waals surface area contributed by atoms with E-state index < -0.39 is 0 Å². The van der Waals surface area contributed by atoms with Gasteiger partial charge in [0.25, 0.3) is 5.91 Å². The molecule has 5 nitrogen and oxygen atoms in total. The molecule has 1 aliphatic rings. The molecule has 6 heteroatoms. The molecule has 0 radical (unpaired) electrons. The molecule has 1 fully saturated rings. The van der Waals surface area contributed by atoms with Crippen molar-refractivity contribution in [2.24, 2.45) is 0 Å². The van der Waals surface area contributed by atoms with E-state index in [1.165, 1.54) is 18.4 Å². The Bertz CT molecular complexity index is 770. The summed E-state index contributed by atoms with van der Waals surface area (Å²) >= 11 is 1.64. The lowest BCUT2D eigenvalue weighted by Crippen LogP contribution is -2.22. The molecule has 0 spiro atoms. The minimum absolute atomic E-state index is 0.0283. The first-order valence-electron chi connectivity index (χ1n) is 9.18. The molecular weight excluding hydrogens is 344 g/mol. The van der Waals surface area contributed by atoms with Gasteiger partial charge in [0.1, 0.15) is 5.82 Å². The minimum atomic E-state index is -0.0283. The topological polar surface area (TPSA) is 58.1 Å². The van der Waals surface area contributed by atoms with Gasteiger partial charge < -0.3 is 10.2 Å². The second kappa shape index (κ2) is 8.54. The van der Waals surface area contributed by atoms with Gasteiger partial charge in [0.2, 0.25) is 0 Å². The first kappa shape index (κ1) is 18.7. The average Bonchev–Trinajstić information content (AvgIpc) is 3.17. The Balaban J connectivity index is 1.68. The molecule has 0 atom stereocenters. The maximum absolute atomic E-state index is 11.8. The quantitative estimate of drug-likeness (QED) is 0.620. The fourth-order valence-electron chi connectivity index (χ4n) is 3.05. The number of hydrogen-bond donors (Lipinski definition) is 1. The van der Waals surface area contributed by atoms with Gasteiger partial charge in [-0.1, -0.05) is 23.9 Å². The number of amides is 1. The molecule has 1 aromatic heterocycles. The van der Waals surface area contributed by atoms with Crippen LogP contribution in [0, 0.1) is 13.8 Å². The third kappa shape index (κ3) is 4.36. The van der Waals surface area contributed by atoms with Gasteiger partial charge >= 0.3 is 0 Å². The van der Waals surface area contributed by atoms with Gasteiger partial charge in [-0.2, -0.15) is 0 Å². The molecule has 0 saturated carbocycles. The maximum atomic E-state index is 11.8. The van der Waals surface area contributed by atoms with E-state index in [0.29, 0.717) is 12.1 Å². The third-order valence-corrected chi connectivity index (χ3v) is 5.59. The molecule has 26 heavy (non-hydrogen) atoms. The summed E-state index contributed by atoms with van der Waals surface area (Å²) in [5.41, 5.74) is 4.09. The summed E-state index contributed by atoms with van der Waals surface area (Å²) in [5.74, 6) is 1.85. The van der Waals surface area contributed by atoms with Crippen LogP contribution < -0.4 is 10.2 Å². The number of aryl methyl sites for hydroxylation is 1. The van der Waals surface area contributed by atoms with Crippen LogP contribution in [-0.2, 0) is 5.75 Å². The number of benzene rings is 1. The Labute approximate surface area is 159 Å². The van der Waals surface area contributed by atoms with E-state index in [0.717, 1.165) is 41.1 Å². The van der Waals surface area contributed by atoms with E-state index >= 15 is 0 Å². The number of hydrogen-bond acceptors (Lipinski definition) is 5. The van der Waals surface area contributed by atoms with E-state index in [1.54, 1.807) is 11.8 Å². The third-order valence-electron chi connectivity index (χ3n) is 4.67. The Kier molecular flexibility index (Phi) is 6.14. The predicted octanol–water partition coefficient (Wildman–Crippen LogP) is 3.74. The molecule has 2 aromatic rings. The van der Waals surface area contributed by atoms with Crippen molar-refractivity contribution in [1.29, 1.82) is 0 Å². The zero-order chi connectivity index (χ0) is 18.5. The largest absolute Gasteiger partial charge is 0.356 e. The summed E-state index contributed by atoms with van der Waals surface area (Å²) in [5, 5.41) is 3.64. The average molecular weight is 371 g/mol. The molecule has 1 aromatic carbocycles. The lowest BCUT2D eigenvalue weighted by Gasteiger charge is -2.20. The summed E-state index contributed by atoms with van der Waals surface area (Å²) < 4.78 is 0. The van der Waals surface area contributed by atoms with Crippen LogP contribution in [0.4, 0.5) is 5.82 Å². The summed E-state index contributed by atoms with van der Waals surface area (Å²) in [4.78, 5) is 23.7. The van der Waals surface area contributed by atoms with Gasteiger partial charge in [-0.05, 0) is 51.3 Å². The summed E-state index contributed by atoms with van der Waals surface area (Å²) in [6.45, 7) is 8.90. The van der Waals surface area contributed by atoms with Crippen molar-refractivity contribution >= 4 is 23.5 Å². The molecule has 1 N–H and O–H groups in total. The number of rotatable bonds is 6. The van der Waals surface area contributed by atoms with Crippen molar-refractivity contribution in [3.63, 3.8) is 0 Å². The first-order valence-corrected chi connectivity index (χ1v) is 10.2. The lowest BCUT2D eigenvalue weighted by atomic mass is 10.1. The Morgan fingerprint density at radius 3 is 2.50 bits per heavy atom. The standard InChI is InChI=1S/C20H26N4OS/c1-4-21-19(25)17-9-7-16(8-10-17)13-26-20-22-15(3)14(2)18(23-20)24-11-5-6-12-24/h7-10H,4-6,11-13H2,1-3H3,(H,21,25). The van der Waals surface area contributed by atoms with E-state index in [2.05, 4.69) is 29.0 Å². The molecule has 3 rings (SSSR count). The van der Waals surface area contributed by atoms with Gasteiger partial charge in [-0.25, -0.2) is 9.97 Å². The summed E-state index contributed by atoms with van der Waals surface area (Å²) in [6, 6.07) is 7.75. The summed E-state index contributed by atoms with van der Waals surface area (Å²) in [7, 11) is 0. The van der Waals surface area contributed by atoms with Gasteiger partial charge in [-0.3, -0.25) is 4.79 Å². The number of nitrogens with zero attached hydrogens (tertiary/aromatic N) is 3. The predicted molar refractivity (Wildman–Crippen MR) is 107 cm³/mol. The highest BCUT2D eigenvalue weighted by Gasteiger charge is 2.18. The van der Waals surface area contributed by atoms with Crippen LogP contribution in [0.2, 0.25) is 0 Å². The van der Waals surface area contributed by atoms with Crippen molar-refractivity contribution in [3.05, 3.63) is 46.6 Å². The van der Waals surface area contributed by atoms with Crippen molar-refractivity contribution in [3.8, 4) is 0 Å². The van der Waals surface area contributed by atoms with Crippen LogP contribution in [0.25, 0.3) is 0 Å². The molecule has 1 saturated heterocycles. The highest BCUT2D eigenvalue weighted by molar-refractivity contribution is 7.98. The molecular formula is C20H26N4OS. The van der Waals surface area contributed by atoms with E-state index in [4.69, 9.17) is 4.98 Å². The zero-order valence-corrected chi connectivity index (χ0v) is 16.5. The molecule has 1 amide bonds. The van der Waals surface area contributed by atoms with Crippen molar-refractivity contribution in [2.45, 2.75) is 44.5 Å². The normalized spacial score (nSPS) is 13.9. The van der Waals surface area contributed by atoms with Gasteiger partial charge in [0.05, 0.1) is 0 Å². The van der Waals surface area contributed by atoms with Crippen LogP contribution in [0.5, 0.6) is 0 Å². The zero-order valence-electron chi connectivity index (χ0n) is 15.7. The van der Waals surface area contributed by atoms with Crippen molar-refractivity contribution < 1.29 is 4.79 Å². The second-order valence-electron chi connectivity index (χ2n) is 6.58. The summed E-state index contributed by atoms with van der Waals surface area (Å²) in [6.07, 6.45) is 2.48. The fraction of sp³-hybridized carbons (Fsp3) is 0.450. The lowest BCUT2D eigenvalue weighted by molar-refractivity contribution is 0.0956. The first-order chi connectivity index (χ1) is 12.6.